The van der Waals surface area contributed by atoms with Crippen molar-refractivity contribution in [3.05, 3.63) is 65.5 Å². The highest BCUT2D eigenvalue weighted by atomic mass is 19.1. The van der Waals surface area contributed by atoms with Crippen molar-refractivity contribution in [2.75, 3.05) is 11.9 Å². The minimum atomic E-state index is -0.898. The molecular weight excluding hydrogens is 337 g/mol. The molecule has 0 aromatic heterocycles. The van der Waals surface area contributed by atoms with Crippen molar-refractivity contribution < 1.29 is 23.5 Å². The van der Waals surface area contributed by atoms with Gasteiger partial charge < -0.3 is 10.1 Å². The number of ether oxygens (including phenoxy) is 1. The van der Waals surface area contributed by atoms with E-state index in [2.05, 4.69) is 5.32 Å². The van der Waals surface area contributed by atoms with E-state index >= 15 is 0 Å². The first-order valence-electron chi connectivity index (χ1n) is 8.05. The highest BCUT2D eigenvalue weighted by molar-refractivity contribution is 6.00. The number of carbonyl (C=O) groups excluding carboxylic acids is 3. The molecule has 0 radical (unpaired) electrons. The molecule has 0 heterocycles. The summed E-state index contributed by atoms with van der Waals surface area (Å²) in [7, 11) is 0. The van der Waals surface area contributed by atoms with Crippen molar-refractivity contribution in [2.24, 2.45) is 5.41 Å². The maximum Gasteiger partial charge on any atom is 0.341 e. The SMILES string of the molecule is CC(C)(C)C(=O)Nc1ccc(C(=O)COC(=O)c2ccccc2F)cc1. The molecular formula is C20H20FNO4. The highest BCUT2D eigenvalue weighted by Gasteiger charge is 2.21. The Bertz CT molecular complexity index is 822. The number of hydrogen-bond donors (Lipinski definition) is 1. The number of halogens is 1. The standard InChI is InChI=1S/C20H20FNO4/c1-20(2,3)19(25)22-14-10-8-13(9-11-14)17(23)12-26-18(24)15-6-4-5-7-16(15)21/h4-11H,12H2,1-3H3,(H,22,25). The van der Waals surface area contributed by atoms with Gasteiger partial charge in [-0.1, -0.05) is 32.9 Å². The van der Waals surface area contributed by atoms with Gasteiger partial charge >= 0.3 is 5.97 Å². The van der Waals surface area contributed by atoms with Crippen molar-refractivity contribution in [2.45, 2.75) is 20.8 Å². The molecule has 2 aromatic carbocycles. The Labute approximate surface area is 151 Å². The predicted molar refractivity (Wildman–Crippen MR) is 95.5 cm³/mol. The van der Waals surface area contributed by atoms with Crippen LogP contribution in [0.3, 0.4) is 0 Å². The van der Waals surface area contributed by atoms with E-state index in [4.69, 9.17) is 4.74 Å². The van der Waals surface area contributed by atoms with Crippen molar-refractivity contribution in [1.82, 2.24) is 0 Å². The fourth-order valence-corrected chi connectivity index (χ4v) is 1.98. The van der Waals surface area contributed by atoms with Gasteiger partial charge in [-0.2, -0.15) is 0 Å². The number of amides is 1. The van der Waals surface area contributed by atoms with Crippen LogP contribution in [-0.4, -0.2) is 24.3 Å². The quantitative estimate of drug-likeness (QED) is 0.652. The normalized spacial score (nSPS) is 10.9. The zero-order valence-corrected chi connectivity index (χ0v) is 14.8. The lowest BCUT2D eigenvalue weighted by atomic mass is 9.95. The summed E-state index contributed by atoms with van der Waals surface area (Å²) in [5.41, 5.74) is 0.125. The largest absolute Gasteiger partial charge is 0.454 e. The molecule has 0 fully saturated rings. The van der Waals surface area contributed by atoms with Crippen molar-refractivity contribution in [3.63, 3.8) is 0 Å². The van der Waals surface area contributed by atoms with Crippen LogP contribution in [0.5, 0.6) is 0 Å². The van der Waals surface area contributed by atoms with Crippen LogP contribution in [0.2, 0.25) is 0 Å². The average Bonchev–Trinajstić information content (AvgIpc) is 2.59. The van der Waals surface area contributed by atoms with Crippen LogP contribution in [0, 0.1) is 11.2 Å². The Balaban J connectivity index is 1.95. The fraction of sp³-hybridized carbons (Fsp3) is 0.250. The summed E-state index contributed by atoms with van der Waals surface area (Å²) in [6.45, 7) is 4.89. The fourth-order valence-electron chi connectivity index (χ4n) is 1.98. The summed E-state index contributed by atoms with van der Waals surface area (Å²) >= 11 is 0. The summed E-state index contributed by atoms with van der Waals surface area (Å²) in [5, 5.41) is 2.75. The first-order chi connectivity index (χ1) is 12.2. The van der Waals surface area contributed by atoms with Crippen molar-refractivity contribution >= 4 is 23.3 Å². The molecule has 0 aliphatic carbocycles. The Morgan fingerprint density at radius 1 is 1.00 bits per heavy atom. The molecule has 0 saturated carbocycles. The Morgan fingerprint density at radius 3 is 2.19 bits per heavy atom. The lowest BCUT2D eigenvalue weighted by Crippen LogP contribution is -2.27. The second kappa shape index (κ2) is 7.91. The molecule has 0 spiro atoms. The number of benzene rings is 2. The number of Topliss-reactive ketones (excluding diaryl/α,β-unsaturated/α-hetero) is 1. The molecule has 0 atom stereocenters. The molecule has 0 aliphatic heterocycles. The Morgan fingerprint density at radius 2 is 1.62 bits per heavy atom. The first kappa shape index (κ1) is 19.3. The van der Waals surface area contributed by atoms with Gasteiger partial charge in [0.2, 0.25) is 5.91 Å². The molecule has 0 bridgehead atoms. The summed E-state index contributed by atoms with van der Waals surface area (Å²) in [6, 6.07) is 11.6. The monoisotopic (exact) mass is 357 g/mol. The molecule has 5 nitrogen and oxygen atoms in total. The van der Waals surface area contributed by atoms with E-state index in [1.165, 1.54) is 30.3 Å². The van der Waals surface area contributed by atoms with E-state index in [0.717, 1.165) is 6.07 Å². The van der Waals surface area contributed by atoms with Gasteiger partial charge in [-0.05, 0) is 36.4 Å². The van der Waals surface area contributed by atoms with Gasteiger partial charge in [0.1, 0.15) is 5.82 Å². The van der Waals surface area contributed by atoms with Gasteiger partial charge in [-0.15, -0.1) is 0 Å². The van der Waals surface area contributed by atoms with Crippen molar-refractivity contribution in [1.29, 1.82) is 0 Å². The molecule has 6 heteroatoms. The van der Waals surface area contributed by atoms with E-state index in [1.807, 2.05) is 0 Å². The molecule has 0 saturated heterocycles. The van der Waals surface area contributed by atoms with Gasteiger partial charge in [-0.25, -0.2) is 9.18 Å². The Kier molecular flexibility index (Phi) is 5.87. The molecule has 136 valence electrons. The highest BCUT2D eigenvalue weighted by Crippen LogP contribution is 2.18. The lowest BCUT2D eigenvalue weighted by Gasteiger charge is -2.17. The number of esters is 1. The van der Waals surface area contributed by atoms with Crippen LogP contribution in [0.4, 0.5) is 10.1 Å². The number of anilines is 1. The molecule has 2 aromatic rings. The predicted octanol–water partition coefficient (Wildman–Crippen LogP) is 3.85. The first-order valence-corrected chi connectivity index (χ1v) is 8.05. The van der Waals surface area contributed by atoms with Gasteiger partial charge in [-0.3, -0.25) is 9.59 Å². The summed E-state index contributed by atoms with van der Waals surface area (Å²) in [4.78, 5) is 35.8. The molecule has 2 rings (SSSR count). The van der Waals surface area contributed by atoms with E-state index in [1.54, 1.807) is 32.9 Å². The van der Waals surface area contributed by atoms with Crippen LogP contribution < -0.4 is 5.32 Å². The van der Waals surface area contributed by atoms with E-state index < -0.39 is 29.6 Å². The topological polar surface area (TPSA) is 72.5 Å². The van der Waals surface area contributed by atoms with Crippen LogP contribution in [0.25, 0.3) is 0 Å². The second-order valence-corrected chi connectivity index (χ2v) is 6.76. The van der Waals surface area contributed by atoms with Crippen LogP contribution in [0.15, 0.2) is 48.5 Å². The van der Waals surface area contributed by atoms with Gasteiger partial charge in [0.15, 0.2) is 12.4 Å². The molecule has 26 heavy (non-hydrogen) atoms. The van der Waals surface area contributed by atoms with Crippen LogP contribution in [-0.2, 0) is 9.53 Å². The third-order valence-corrected chi connectivity index (χ3v) is 3.57. The zero-order valence-electron chi connectivity index (χ0n) is 14.8. The van der Waals surface area contributed by atoms with Crippen molar-refractivity contribution in [3.8, 4) is 0 Å². The minimum absolute atomic E-state index is 0.143. The minimum Gasteiger partial charge on any atom is -0.454 e. The lowest BCUT2D eigenvalue weighted by molar-refractivity contribution is -0.123. The molecule has 0 aliphatic rings. The Hall–Kier alpha value is -3.02. The van der Waals surface area contributed by atoms with Crippen LogP contribution >= 0.6 is 0 Å². The van der Waals surface area contributed by atoms with Gasteiger partial charge in [0.25, 0.3) is 0 Å². The summed E-state index contributed by atoms with van der Waals surface area (Å²) in [5.74, 6) is -2.17. The van der Waals surface area contributed by atoms with E-state index in [-0.39, 0.29) is 11.5 Å². The molecule has 0 unspecified atom stereocenters. The van der Waals surface area contributed by atoms with Crippen LogP contribution in [0.1, 0.15) is 41.5 Å². The maximum atomic E-state index is 13.5. The number of carbonyl (C=O) groups is 3. The number of nitrogens with one attached hydrogen (secondary N) is 1. The van der Waals surface area contributed by atoms with E-state index in [9.17, 15) is 18.8 Å². The number of ketones is 1. The smallest absolute Gasteiger partial charge is 0.341 e. The second-order valence-electron chi connectivity index (χ2n) is 6.76. The summed E-state index contributed by atoms with van der Waals surface area (Å²) < 4.78 is 18.4. The molecule has 1 N–H and O–H groups in total. The van der Waals surface area contributed by atoms with Gasteiger partial charge in [0.05, 0.1) is 5.56 Å². The summed E-state index contributed by atoms with van der Waals surface area (Å²) in [6.07, 6.45) is 0. The zero-order chi connectivity index (χ0) is 19.3. The third-order valence-electron chi connectivity index (χ3n) is 3.57. The van der Waals surface area contributed by atoms with Gasteiger partial charge in [0, 0.05) is 16.7 Å². The molecule has 1 amide bonds. The third kappa shape index (κ3) is 4.99. The average molecular weight is 357 g/mol. The number of hydrogen-bond acceptors (Lipinski definition) is 4. The van der Waals surface area contributed by atoms with E-state index in [0.29, 0.717) is 11.3 Å². The maximum absolute atomic E-state index is 13.5. The number of rotatable bonds is 5.